The summed E-state index contributed by atoms with van der Waals surface area (Å²) in [6, 6.07) is 0. The van der Waals surface area contributed by atoms with Crippen LogP contribution in [0.3, 0.4) is 0 Å². The molecule has 42 heteroatoms. The minimum Gasteiger partial charge on any atom is -0.385 e. The van der Waals surface area contributed by atoms with Gasteiger partial charge in [-0.2, -0.15) is 22.2 Å². The number of phosphoric acid groups is 6. The van der Waals surface area contributed by atoms with Crippen LogP contribution in [0.4, 0.5) is 14.6 Å². The molecule has 31 nitrogen and oxygen atoms in total. The topological polar surface area (TPSA) is 484 Å². The van der Waals surface area contributed by atoms with Gasteiger partial charge >= 0.3 is 46.9 Å². The van der Waals surface area contributed by atoms with Crippen molar-refractivity contribution < 1.29 is 132 Å². The summed E-state index contributed by atoms with van der Waals surface area (Å²) in [6.45, 7) is 0. The van der Waals surface area contributed by atoms with Crippen molar-refractivity contribution in [2.24, 2.45) is 0 Å². The second-order valence-corrected chi connectivity index (χ2v) is 21.0. The number of anilines is 1. The molecule has 4 rings (SSSR count). The molecule has 2 saturated heterocycles. The second kappa shape index (κ2) is 19.2. The number of phosphoric ester groups is 2. The number of hydrogen-bond acceptors (Lipinski definition) is 23. The van der Waals surface area contributed by atoms with Gasteiger partial charge in [-0.15, -0.1) is 12.8 Å². The maximum Gasteiger partial charge on any atom is 0.490 e. The summed E-state index contributed by atoms with van der Waals surface area (Å²) < 4.78 is 129. The Balaban J connectivity index is 0.000000330. The smallest absolute Gasteiger partial charge is 0.385 e. The number of halogens is 2. The van der Waals surface area contributed by atoms with Gasteiger partial charge in [-0.3, -0.25) is 9.13 Å². The molecule has 62 heavy (non-hydrogen) atoms. The van der Waals surface area contributed by atoms with E-state index in [9.17, 15) is 76.2 Å². The van der Waals surface area contributed by atoms with Crippen molar-refractivity contribution in [1.82, 2.24) is 19.1 Å². The Morgan fingerprint density at radius 2 is 1.06 bits per heavy atom. The molecule has 0 amide bonds. The van der Waals surface area contributed by atoms with E-state index in [1.54, 1.807) is 11.8 Å². The predicted octanol–water partition coefficient (Wildman–Crippen LogP) is -0.405. The maximum atomic E-state index is 13.8. The van der Waals surface area contributed by atoms with E-state index < -0.39 is 122 Å². The molecule has 2 aromatic heterocycles. The van der Waals surface area contributed by atoms with Crippen molar-refractivity contribution in [3.8, 4) is 24.7 Å². The van der Waals surface area contributed by atoms with Crippen LogP contribution in [0.1, 0.15) is 12.5 Å². The summed E-state index contributed by atoms with van der Waals surface area (Å²) in [6.07, 6.45) is -1.12. The minimum atomic E-state index is -5.93. The number of nitrogens with two attached hydrogens (primary N) is 1. The van der Waals surface area contributed by atoms with Gasteiger partial charge in [-0.1, -0.05) is 12.2 Å². The third kappa shape index (κ3) is 13.6. The summed E-state index contributed by atoms with van der Waals surface area (Å²) in [7, 11) is -35.0. The molecule has 2 aliphatic heterocycles. The first-order valence-electron chi connectivity index (χ1n) is 14.6. The number of terminal acetylenes is 2. The van der Waals surface area contributed by atoms with E-state index >= 15 is 0 Å². The molecule has 2 aromatic rings. The summed E-state index contributed by atoms with van der Waals surface area (Å²) >= 11 is 14.3. The Morgan fingerprint density at radius 3 is 1.44 bits per heavy atom. The van der Waals surface area contributed by atoms with Gasteiger partial charge in [-0.25, -0.2) is 45.2 Å². The number of aliphatic hydroxyl groups is 4. The van der Waals surface area contributed by atoms with Crippen molar-refractivity contribution in [2.75, 3.05) is 5.73 Å². The van der Waals surface area contributed by atoms with Crippen LogP contribution in [0.2, 0.25) is 0 Å². The van der Waals surface area contributed by atoms with Gasteiger partial charge in [0.15, 0.2) is 46.9 Å². The highest BCUT2D eigenvalue weighted by Gasteiger charge is 2.61. The molecule has 12 atom stereocenters. The number of H-pyrrole nitrogens is 1. The van der Waals surface area contributed by atoms with Crippen LogP contribution < -0.4 is 5.73 Å². The number of ether oxygens (including phenoxy) is 2. The fraction of sp³-hybridized carbons (Fsp3) is 0.400. The van der Waals surface area contributed by atoms with Crippen molar-refractivity contribution in [3.05, 3.63) is 38.2 Å². The highest BCUT2D eigenvalue weighted by Crippen LogP contribution is 2.69. The monoisotopic (exact) mass is 1070 g/mol. The first-order chi connectivity index (χ1) is 27.8. The van der Waals surface area contributed by atoms with Gasteiger partial charge in [0.25, 0.3) is 11.6 Å². The van der Waals surface area contributed by atoms with Crippen molar-refractivity contribution in [3.63, 3.8) is 0 Å². The number of rotatable bonds is 14. The van der Waals surface area contributed by atoms with Crippen LogP contribution in [-0.2, 0) is 63.2 Å². The average molecular weight is 1070 g/mol. The van der Waals surface area contributed by atoms with E-state index in [0.29, 0.717) is 21.5 Å². The number of aliphatic hydroxyl groups excluding tert-OH is 4. The summed E-state index contributed by atoms with van der Waals surface area (Å²) in [4.78, 5) is 77.4. The molecule has 2 aliphatic rings. The molecule has 348 valence electrons. The van der Waals surface area contributed by atoms with E-state index in [4.69, 9.17) is 72.1 Å². The van der Waals surface area contributed by atoms with Gasteiger partial charge < -0.3 is 79.8 Å². The van der Waals surface area contributed by atoms with E-state index in [1.165, 1.54) is 0 Å². The van der Waals surface area contributed by atoms with Gasteiger partial charge in [0.05, 0.1) is 0 Å². The van der Waals surface area contributed by atoms with Crippen LogP contribution in [0, 0.1) is 50.5 Å². The normalized spacial score (nSPS) is 30.3. The molecular formula is C20H25F2N5O26P6S3. The molecular weight excluding hydrogens is 1050 g/mol. The summed E-state index contributed by atoms with van der Waals surface area (Å²) in [5.74, 6) is -5.77. The molecule has 0 bridgehead atoms. The fourth-order valence-electron chi connectivity index (χ4n) is 4.51. The number of nitrogens with one attached hydrogen (secondary N) is 1. The highest BCUT2D eigenvalue weighted by atomic mass is 32.1. The minimum absolute atomic E-state index is 0.339. The Hall–Kier alpha value is -1.82. The lowest BCUT2D eigenvalue weighted by molar-refractivity contribution is -0.187. The van der Waals surface area contributed by atoms with Crippen LogP contribution >= 0.6 is 83.6 Å². The average Bonchev–Trinajstić information content (AvgIpc) is 3.45. The molecule has 0 aliphatic carbocycles. The Bertz CT molecular complexity index is 2650. The molecule has 2 fully saturated rings. The predicted molar refractivity (Wildman–Crippen MR) is 195 cm³/mol. The summed E-state index contributed by atoms with van der Waals surface area (Å²) in [5.41, 5.74) is 5.24. The number of nitrogens with zero attached hydrogens (tertiary/aromatic N) is 3. The zero-order chi connectivity index (χ0) is 48.0. The quantitative estimate of drug-likeness (QED) is 0.0650. The van der Waals surface area contributed by atoms with Gasteiger partial charge in [0, 0.05) is 12.4 Å². The van der Waals surface area contributed by atoms with Crippen LogP contribution in [0.25, 0.3) is 0 Å². The van der Waals surface area contributed by atoms with E-state index in [-0.39, 0.29) is 4.77 Å². The van der Waals surface area contributed by atoms with E-state index in [1.807, 2.05) is 0 Å². The van der Waals surface area contributed by atoms with E-state index in [2.05, 4.69) is 48.5 Å². The van der Waals surface area contributed by atoms with Crippen molar-refractivity contribution >= 4 is 89.4 Å². The van der Waals surface area contributed by atoms with Crippen LogP contribution in [0.15, 0.2) is 12.4 Å². The number of aromatic amines is 1. The zero-order valence-electron chi connectivity index (χ0n) is 28.9. The summed E-state index contributed by atoms with van der Waals surface area (Å²) in [5, 5.41) is 40.8. The SMILES string of the molecule is C#C[C@]1(OP(=O)(O)OP(=O)(O)OP(=O)(O)O)O[C@@H](n2cc(F)c(=S)[nH]c2=S)C(O)[C@H]1O.C#C[C@]1(OP(=O)(O)OP(=O)(O)OP(=O)(O)O)O[C@@H](n2cc(F)c(N)nc2=S)C(O)[C@H]1O. The molecule has 0 saturated carbocycles. The first kappa shape index (κ1) is 54.5. The van der Waals surface area contributed by atoms with Crippen LogP contribution in [0.5, 0.6) is 0 Å². The van der Waals surface area contributed by atoms with Gasteiger partial charge in [-0.05, 0) is 36.3 Å². The Morgan fingerprint density at radius 1 is 0.694 bits per heavy atom. The third-order valence-electron chi connectivity index (χ3n) is 6.74. The Labute approximate surface area is 356 Å². The standard InChI is InChI=1S/C10H13FN3O13P3S.C10H12FN2O13P3S2/c1-2-10(25-29(20,21)27-30(22,23)26-28(17,18)19)6(16)5(15)8(24-10)14-3-4(11)7(12)13-9(14)31;1-2-10(24-28(19,20)26-29(21,22)25-27(16,17)18)6(15)5(14)8(23-10)13-3-4(11)7(30)12-9(13)31/h1,3,5-6,8,15-16H,(H,20,21)(H,22,23)(H2,12,13,31)(H2,17,18,19);1,3,5-6,8,14-15H,(H,19,20)(H,21,22)(H,12,30,31)(H2,16,17,18)/t2*5?,6-,8-,10-/m11/s1. The fourth-order valence-corrected chi connectivity index (χ4v) is 11.6. The van der Waals surface area contributed by atoms with Crippen molar-refractivity contribution in [1.29, 1.82) is 0 Å². The molecule has 4 heterocycles. The number of aromatic nitrogens is 4. The molecule has 0 radical (unpaired) electrons. The lowest BCUT2D eigenvalue weighted by Crippen LogP contribution is -2.43. The Kier molecular flexibility index (Phi) is 16.9. The molecule has 0 aromatic carbocycles. The zero-order valence-corrected chi connectivity index (χ0v) is 36.8. The van der Waals surface area contributed by atoms with Gasteiger partial charge in [0.2, 0.25) is 4.77 Å². The number of nitrogen functional groups attached to an aromatic ring is 1. The van der Waals surface area contributed by atoms with E-state index in [0.717, 1.165) is 0 Å². The maximum absolute atomic E-state index is 13.8. The van der Waals surface area contributed by atoms with Crippen LogP contribution in [-0.4, -0.2) is 115 Å². The molecule has 15 N–H and O–H groups in total. The molecule has 0 spiro atoms. The molecule has 6 unspecified atom stereocenters. The lowest BCUT2D eigenvalue weighted by Gasteiger charge is -2.28. The largest absolute Gasteiger partial charge is 0.490 e. The lowest BCUT2D eigenvalue weighted by atomic mass is 10.1. The second-order valence-electron chi connectivity index (χ2n) is 11.2. The van der Waals surface area contributed by atoms with Crippen molar-refractivity contribution in [2.45, 2.75) is 48.4 Å². The van der Waals surface area contributed by atoms with Gasteiger partial charge in [0.1, 0.15) is 16.8 Å². The first-order valence-corrected chi connectivity index (χ1v) is 24.9. The third-order valence-corrected chi connectivity index (χ3v) is 15.3. The highest BCUT2D eigenvalue weighted by molar-refractivity contribution is 7.72. The number of hydrogen-bond donors (Lipinski definition) is 14.